The van der Waals surface area contributed by atoms with Gasteiger partial charge in [0.25, 0.3) is 0 Å². The molecular weight excluding hydrogens is 312 g/mol. The summed E-state index contributed by atoms with van der Waals surface area (Å²) >= 11 is 0. The van der Waals surface area contributed by atoms with Crippen LogP contribution in [-0.2, 0) is 5.41 Å². The van der Waals surface area contributed by atoms with Crippen LogP contribution in [0.2, 0.25) is 0 Å². The molecule has 5 heteroatoms. The smallest absolute Gasteiger partial charge is 0.316 e. The predicted octanol–water partition coefficient (Wildman–Crippen LogP) is 3.69. The third-order valence-electron chi connectivity index (χ3n) is 6.18. The van der Waals surface area contributed by atoms with E-state index in [9.17, 15) is 0 Å². The molecule has 0 unspecified atom stereocenters. The van der Waals surface area contributed by atoms with Crippen molar-refractivity contribution < 1.29 is 4.74 Å². The summed E-state index contributed by atoms with van der Waals surface area (Å²) in [4.78, 5) is 16.2. The fourth-order valence-corrected chi connectivity index (χ4v) is 4.77. The molecule has 0 bridgehead atoms. The Morgan fingerprint density at radius 3 is 2.68 bits per heavy atom. The van der Waals surface area contributed by atoms with Crippen LogP contribution in [0.1, 0.15) is 55.7 Å². The van der Waals surface area contributed by atoms with Gasteiger partial charge in [-0.1, -0.05) is 12.8 Å². The lowest BCUT2D eigenvalue weighted by Gasteiger charge is -2.24. The molecule has 25 heavy (non-hydrogen) atoms. The SMILES string of the molecule is COc1ncc(-c2cc3c(cn2)N(C)CC32CCCC2)c(C2CC2)n1. The van der Waals surface area contributed by atoms with Crippen molar-refractivity contribution in [3.8, 4) is 17.3 Å². The number of methoxy groups -OCH3 is 1. The predicted molar refractivity (Wildman–Crippen MR) is 97.2 cm³/mol. The van der Waals surface area contributed by atoms with Crippen molar-refractivity contribution in [2.75, 3.05) is 25.6 Å². The van der Waals surface area contributed by atoms with E-state index in [0.717, 1.165) is 23.5 Å². The van der Waals surface area contributed by atoms with Crippen LogP contribution >= 0.6 is 0 Å². The maximum atomic E-state index is 5.24. The van der Waals surface area contributed by atoms with Gasteiger partial charge in [-0.15, -0.1) is 0 Å². The molecule has 0 aromatic carbocycles. The third kappa shape index (κ3) is 2.32. The number of aromatic nitrogens is 3. The van der Waals surface area contributed by atoms with E-state index in [1.807, 2.05) is 6.20 Å². The van der Waals surface area contributed by atoms with Crippen molar-refractivity contribution in [2.45, 2.75) is 49.9 Å². The van der Waals surface area contributed by atoms with Crippen molar-refractivity contribution in [2.24, 2.45) is 0 Å². The number of likely N-dealkylation sites (N-methyl/N-ethyl adjacent to an activating group) is 1. The van der Waals surface area contributed by atoms with Crippen LogP contribution in [0.4, 0.5) is 5.69 Å². The molecule has 5 nitrogen and oxygen atoms in total. The van der Waals surface area contributed by atoms with E-state index < -0.39 is 0 Å². The van der Waals surface area contributed by atoms with Crippen LogP contribution in [0.5, 0.6) is 6.01 Å². The monoisotopic (exact) mass is 336 g/mol. The van der Waals surface area contributed by atoms with Gasteiger partial charge in [0, 0.05) is 36.7 Å². The van der Waals surface area contributed by atoms with Crippen LogP contribution in [0, 0.1) is 0 Å². The van der Waals surface area contributed by atoms with Gasteiger partial charge in [-0.3, -0.25) is 4.98 Å². The molecule has 2 saturated carbocycles. The van der Waals surface area contributed by atoms with Gasteiger partial charge in [-0.25, -0.2) is 4.98 Å². The lowest BCUT2D eigenvalue weighted by atomic mass is 9.80. The summed E-state index contributed by atoms with van der Waals surface area (Å²) < 4.78 is 5.24. The number of fused-ring (bicyclic) bond motifs is 2. The Morgan fingerprint density at radius 1 is 1.16 bits per heavy atom. The minimum atomic E-state index is 0.328. The molecule has 0 atom stereocenters. The highest BCUT2D eigenvalue weighted by molar-refractivity contribution is 5.70. The number of ether oxygens (including phenoxy) is 1. The van der Waals surface area contributed by atoms with Crippen LogP contribution < -0.4 is 9.64 Å². The molecule has 0 saturated heterocycles. The van der Waals surface area contributed by atoms with Gasteiger partial charge >= 0.3 is 6.01 Å². The minimum absolute atomic E-state index is 0.328. The zero-order valence-corrected chi connectivity index (χ0v) is 15.0. The molecule has 2 aliphatic carbocycles. The first kappa shape index (κ1) is 15.1. The van der Waals surface area contributed by atoms with E-state index >= 15 is 0 Å². The van der Waals surface area contributed by atoms with Gasteiger partial charge in [-0.05, 0) is 37.3 Å². The summed E-state index contributed by atoms with van der Waals surface area (Å²) in [5, 5.41) is 0. The van der Waals surface area contributed by atoms with E-state index in [-0.39, 0.29) is 0 Å². The molecule has 0 amide bonds. The average Bonchev–Trinajstić information content (AvgIpc) is 3.33. The second-order valence-corrected chi connectivity index (χ2v) is 7.86. The molecule has 130 valence electrons. The molecule has 0 radical (unpaired) electrons. The summed E-state index contributed by atoms with van der Waals surface area (Å²) in [5.74, 6) is 0.532. The highest BCUT2D eigenvalue weighted by atomic mass is 16.5. The van der Waals surface area contributed by atoms with E-state index in [0.29, 0.717) is 17.3 Å². The number of rotatable bonds is 3. The van der Waals surface area contributed by atoms with Gasteiger partial charge in [0.1, 0.15) is 0 Å². The molecular formula is C20H24N4O. The number of anilines is 1. The summed E-state index contributed by atoms with van der Waals surface area (Å²) in [5.41, 5.74) is 6.31. The number of pyridine rings is 1. The largest absolute Gasteiger partial charge is 0.467 e. The molecule has 3 aliphatic rings. The Hall–Kier alpha value is -2.17. The molecule has 1 aliphatic heterocycles. The molecule has 2 aromatic heterocycles. The van der Waals surface area contributed by atoms with Crippen LogP contribution in [0.3, 0.4) is 0 Å². The lowest BCUT2D eigenvalue weighted by molar-refractivity contribution is 0.378. The van der Waals surface area contributed by atoms with Crippen molar-refractivity contribution in [1.29, 1.82) is 0 Å². The quantitative estimate of drug-likeness (QED) is 0.856. The van der Waals surface area contributed by atoms with Crippen LogP contribution in [0.15, 0.2) is 18.5 Å². The minimum Gasteiger partial charge on any atom is -0.467 e. The summed E-state index contributed by atoms with van der Waals surface area (Å²) in [6.45, 7) is 1.13. The maximum Gasteiger partial charge on any atom is 0.316 e. The summed E-state index contributed by atoms with van der Waals surface area (Å²) in [6, 6.07) is 2.78. The Balaban J connectivity index is 1.63. The van der Waals surface area contributed by atoms with Crippen molar-refractivity contribution in [3.63, 3.8) is 0 Å². The Bertz CT molecular complexity index is 824. The highest BCUT2D eigenvalue weighted by Crippen LogP contribution is 2.51. The second kappa shape index (κ2) is 5.41. The van der Waals surface area contributed by atoms with Crippen molar-refractivity contribution in [1.82, 2.24) is 15.0 Å². The topological polar surface area (TPSA) is 51.1 Å². The van der Waals surface area contributed by atoms with Crippen LogP contribution in [0.25, 0.3) is 11.3 Å². The molecule has 2 aromatic rings. The van der Waals surface area contributed by atoms with Crippen molar-refractivity contribution in [3.05, 3.63) is 29.7 Å². The van der Waals surface area contributed by atoms with E-state index in [1.54, 1.807) is 7.11 Å². The first-order valence-corrected chi connectivity index (χ1v) is 9.33. The average molecular weight is 336 g/mol. The van der Waals surface area contributed by atoms with Gasteiger partial charge in [0.2, 0.25) is 0 Å². The third-order valence-corrected chi connectivity index (χ3v) is 6.18. The Labute approximate surface area is 148 Å². The number of hydrogen-bond donors (Lipinski definition) is 0. The maximum absolute atomic E-state index is 5.24. The highest BCUT2D eigenvalue weighted by Gasteiger charge is 2.44. The number of nitrogens with zero attached hydrogens (tertiary/aromatic N) is 4. The van der Waals surface area contributed by atoms with Gasteiger partial charge in [0.05, 0.1) is 30.4 Å². The van der Waals surface area contributed by atoms with Gasteiger partial charge in [0.15, 0.2) is 0 Å². The lowest BCUT2D eigenvalue weighted by Crippen LogP contribution is -2.28. The summed E-state index contributed by atoms with van der Waals surface area (Å²) in [6.07, 6.45) is 11.6. The van der Waals surface area contributed by atoms with Crippen LogP contribution in [-0.4, -0.2) is 35.7 Å². The van der Waals surface area contributed by atoms with E-state index in [4.69, 9.17) is 9.72 Å². The Morgan fingerprint density at radius 2 is 1.96 bits per heavy atom. The zero-order valence-electron chi connectivity index (χ0n) is 15.0. The first-order chi connectivity index (χ1) is 12.2. The fourth-order valence-electron chi connectivity index (χ4n) is 4.77. The zero-order chi connectivity index (χ0) is 17.0. The van der Waals surface area contributed by atoms with Gasteiger partial charge in [-0.2, -0.15) is 4.98 Å². The second-order valence-electron chi connectivity index (χ2n) is 7.86. The molecule has 2 fully saturated rings. The standard InChI is InChI=1S/C20H24N4O/c1-24-12-20(7-3-4-8-20)15-9-16(21-11-17(15)24)14-10-22-19(25-2)23-18(14)13-5-6-13/h9-11,13H,3-8,12H2,1-2H3. The fraction of sp³-hybridized carbons (Fsp3) is 0.550. The van der Waals surface area contributed by atoms with Gasteiger partial charge < -0.3 is 9.64 Å². The van der Waals surface area contributed by atoms with Crippen molar-refractivity contribution >= 4 is 5.69 Å². The number of hydrogen-bond acceptors (Lipinski definition) is 5. The van der Waals surface area contributed by atoms with E-state index in [1.165, 1.54) is 49.8 Å². The van der Waals surface area contributed by atoms with E-state index in [2.05, 4.69) is 34.2 Å². The molecule has 1 spiro atoms. The Kier molecular flexibility index (Phi) is 3.27. The molecule has 5 rings (SSSR count). The molecule has 3 heterocycles. The summed E-state index contributed by atoms with van der Waals surface area (Å²) in [7, 11) is 3.82. The normalized spacial score (nSPS) is 21.0. The molecule has 0 N–H and O–H groups in total. The first-order valence-electron chi connectivity index (χ1n) is 9.33.